The Labute approximate surface area is 92.1 Å². The van der Waals surface area contributed by atoms with Gasteiger partial charge in [0.25, 0.3) is 0 Å². The lowest BCUT2D eigenvalue weighted by atomic mass is 10.2. The molecule has 2 rings (SSSR count). The van der Waals surface area contributed by atoms with Crippen LogP contribution in [0.15, 0.2) is 29.3 Å². The molecular weight excluding hydrogens is 214 g/mol. The first-order valence-electron chi connectivity index (χ1n) is 5.01. The molecule has 16 heavy (non-hydrogen) atoms. The molecule has 1 N–H and O–H groups in total. The minimum atomic E-state index is -2.78. The van der Waals surface area contributed by atoms with E-state index in [1.807, 2.05) is 6.92 Å². The second kappa shape index (κ2) is 4.47. The van der Waals surface area contributed by atoms with E-state index in [1.54, 1.807) is 12.1 Å². The topological polar surface area (TPSA) is 33.6 Å². The summed E-state index contributed by atoms with van der Waals surface area (Å²) in [5.41, 5.74) is 0.881. The van der Waals surface area contributed by atoms with Gasteiger partial charge in [0, 0.05) is 11.6 Å². The Morgan fingerprint density at radius 1 is 1.38 bits per heavy atom. The zero-order chi connectivity index (χ0) is 11.5. The first-order chi connectivity index (χ1) is 7.65. The monoisotopic (exact) mass is 226 g/mol. The summed E-state index contributed by atoms with van der Waals surface area (Å²) >= 11 is 0. The third-order valence-corrected chi connectivity index (χ3v) is 2.26. The molecule has 1 aliphatic rings. The fourth-order valence-electron chi connectivity index (χ4n) is 1.52. The van der Waals surface area contributed by atoms with Crippen molar-refractivity contribution >= 4 is 5.84 Å². The van der Waals surface area contributed by atoms with Crippen molar-refractivity contribution in [1.29, 1.82) is 0 Å². The quantitative estimate of drug-likeness (QED) is 0.855. The summed E-state index contributed by atoms with van der Waals surface area (Å²) < 4.78 is 28.1. The van der Waals surface area contributed by atoms with Crippen molar-refractivity contribution in [2.75, 3.05) is 6.54 Å². The fraction of sp³-hybridized carbons (Fsp3) is 0.364. The number of alkyl halides is 2. The average molecular weight is 226 g/mol. The van der Waals surface area contributed by atoms with Crippen LogP contribution < -0.4 is 10.1 Å². The van der Waals surface area contributed by atoms with Crippen molar-refractivity contribution in [3.63, 3.8) is 0 Å². The maximum atomic E-state index is 11.9. The number of benzene rings is 1. The highest BCUT2D eigenvalue weighted by Gasteiger charge is 2.14. The molecular formula is C11H12F2N2O. The van der Waals surface area contributed by atoms with Crippen molar-refractivity contribution in [3.05, 3.63) is 29.8 Å². The van der Waals surface area contributed by atoms with Gasteiger partial charge in [0.2, 0.25) is 0 Å². The Morgan fingerprint density at radius 2 is 2.06 bits per heavy atom. The molecule has 0 saturated carbocycles. The fourth-order valence-corrected chi connectivity index (χ4v) is 1.52. The SMILES string of the molecule is CC1CN=C(c2ccc(OC(F)F)cc2)N1. The highest BCUT2D eigenvalue weighted by molar-refractivity contribution is 6.00. The largest absolute Gasteiger partial charge is 0.435 e. The molecule has 0 saturated heterocycles. The van der Waals surface area contributed by atoms with Gasteiger partial charge in [-0.15, -0.1) is 0 Å². The first kappa shape index (κ1) is 10.9. The van der Waals surface area contributed by atoms with Crippen LogP contribution in [0, 0.1) is 0 Å². The van der Waals surface area contributed by atoms with Crippen LogP contribution in [0.5, 0.6) is 5.75 Å². The maximum absolute atomic E-state index is 11.9. The number of rotatable bonds is 3. The molecule has 0 amide bonds. The summed E-state index contributed by atoms with van der Waals surface area (Å²) in [6, 6.07) is 6.76. The van der Waals surface area contributed by atoms with Crippen LogP contribution >= 0.6 is 0 Å². The third kappa shape index (κ3) is 2.48. The second-order valence-corrected chi connectivity index (χ2v) is 3.64. The Balaban J connectivity index is 2.08. The Kier molecular flexibility index (Phi) is 3.03. The van der Waals surface area contributed by atoms with Crippen LogP contribution in [0.3, 0.4) is 0 Å². The summed E-state index contributed by atoms with van der Waals surface area (Å²) in [4.78, 5) is 4.29. The lowest BCUT2D eigenvalue weighted by Crippen LogP contribution is -2.27. The maximum Gasteiger partial charge on any atom is 0.387 e. The van der Waals surface area contributed by atoms with Gasteiger partial charge in [-0.3, -0.25) is 4.99 Å². The predicted molar refractivity (Wildman–Crippen MR) is 57.1 cm³/mol. The molecule has 1 aliphatic heterocycles. The van der Waals surface area contributed by atoms with Crippen LogP contribution in [-0.4, -0.2) is 25.0 Å². The number of nitrogens with one attached hydrogen (secondary N) is 1. The molecule has 5 heteroatoms. The third-order valence-electron chi connectivity index (χ3n) is 2.26. The molecule has 1 unspecified atom stereocenters. The number of aliphatic imine (C=N–C) groups is 1. The number of amidine groups is 1. The number of hydrogen-bond acceptors (Lipinski definition) is 3. The molecule has 86 valence electrons. The Morgan fingerprint density at radius 3 is 2.56 bits per heavy atom. The van der Waals surface area contributed by atoms with Gasteiger partial charge in [0.05, 0.1) is 6.54 Å². The molecule has 1 atom stereocenters. The number of halogens is 2. The van der Waals surface area contributed by atoms with Gasteiger partial charge in [-0.1, -0.05) is 0 Å². The zero-order valence-corrected chi connectivity index (χ0v) is 8.78. The number of nitrogens with zero attached hydrogens (tertiary/aromatic N) is 1. The lowest BCUT2D eigenvalue weighted by Gasteiger charge is -2.07. The van der Waals surface area contributed by atoms with Gasteiger partial charge in [0.1, 0.15) is 11.6 Å². The number of ether oxygens (including phenoxy) is 1. The highest BCUT2D eigenvalue weighted by atomic mass is 19.3. The molecule has 1 aromatic carbocycles. The first-order valence-corrected chi connectivity index (χ1v) is 5.01. The molecule has 1 aromatic rings. The number of hydrogen-bond donors (Lipinski definition) is 1. The van der Waals surface area contributed by atoms with E-state index < -0.39 is 6.61 Å². The van der Waals surface area contributed by atoms with E-state index in [0.29, 0.717) is 6.04 Å². The normalized spacial score (nSPS) is 19.5. The molecule has 1 heterocycles. The van der Waals surface area contributed by atoms with Gasteiger partial charge in [0.15, 0.2) is 0 Å². The van der Waals surface area contributed by atoms with E-state index in [9.17, 15) is 8.78 Å². The second-order valence-electron chi connectivity index (χ2n) is 3.64. The van der Waals surface area contributed by atoms with E-state index in [1.165, 1.54) is 12.1 Å². The van der Waals surface area contributed by atoms with Crippen LogP contribution in [0.4, 0.5) is 8.78 Å². The molecule has 0 aliphatic carbocycles. The van der Waals surface area contributed by atoms with Gasteiger partial charge in [-0.25, -0.2) is 0 Å². The molecule has 3 nitrogen and oxygen atoms in total. The summed E-state index contributed by atoms with van der Waals surface area (Å²) in [5.74, 6) is 0.960. The smallest absolute Gasteiger partial charge is 0.387 e. The molecule has 0 spiro atoms. The Hall–Kier alpha value is -1.65. The van der Waals surface area contributed by atoms with E-state index in [0.717, 1.165) is 17.9 Å². The van der Waals surface area contributed by atoms with Crippen molar-refractivity contribution in [2.45, 2.75) is 19.6 Å². The Bertz CT molecular complexity index is 389. The molecule has 0 fully saturated rings. The summed E-state index contributed by atoms with van der Waals surface area (Å²) in [5, 5.41) is 3.19. The minimum absolute atomic E-state index is 0.158. The van der Waals surface area contributed by atoms with E-state index in [4.69, 9.17) is 0 Å². The molecule has 0 bridgehead atoms. The van der Waals surface area contributed by atoms with Crippen molar-refractivity contribution in [2.24, 2.45) is 4.99 Å². The van der Waals surface area contributed by atoms with Crippen molar-refractivity contribution in [3.8, 4) is 5.75 Å². The summed E-state index contributed by atoms with van der Waals surface area (Å²) in [6.07, 6.45) is 0. The lowest BCUT2D eigenvalue weighted by molar-refractivity contribution is -0.0498. The van der Waals surface area contributed by atoms with Crippen LogP contribution in [0.2, 0.25) is 0 Å². The van der Waals surface area contributed by atoms with Crippen molar-refractivity contribution in [1.82, 2.24) is 5.32 Å². The van der Waals surface area contributed by atoms with Crippen molar-refractivity contribution < 1.29 is 13.5 Å². The standard InChI is InChI=1S/C11H12F2N2O/c1-7-6-14-10(15-7)8-2-4-9(5-3-8)16-11(12)13/h2-5,7,11H,6H2,1H3,(H,14,15). The van der Waals surface area contributed by atoms with Crippen LogP contribution in [0.1, 0.15) is 12.5 Å². The van der Waals surface area contributed by atoms with Crippen LogP contribution in [-0.2, 0) is 0 Å². The van der Waals surface area contributed by atoms with E-state index in [-0.39, 0.29) is 5.75 Å². The van der Waals surface area contributed by atoms with E-state index in [2.05, 4.69) is 15.0 Å². The van der Waals surface area contributed by atoms with Gasteiger partial charge >= 0.3 is 6.61 Å². The van der Waals surface area contributed by atoms with Gasteiger partial charge in [-0.05, 0) is 31.2 Å². The highest BCUT2D eigenvalue weighted by Crippen LogP contribution is 2.16. The van der Waals surface area contributed by atoms with E-state index >= 15 is 0 Å². The zero-order valence-electron chi connectivity index (χ0n) is 8.78. The molecule has 0 aromatic heterocycles. The van der Waals surface area contributed by atoms with Gasteiger partial charge in [-0.2, -0.15) is 8.78 Å². The summed E-state index contributed by atoms with van der Waals surface area (Å²) in [7, 11) is 0. The van der Waals surface area contributed by atoms with Crippen LogP contribution in [0.25, 0.3) is 0 Å². The minimum Gasteiger partial charge on any atom is -0.435 e. The predicted octanol–water partition coefficient (Wildman–Crippen LogP) is 2.03. The summed E-state index contributed by atoms with van der Waals surface area (Å²) in [6.45, 7) is -0.0112. The van der Waals surface area contributed by atoms with Gasteiger partial charge < -0.3 is 10.1 Å². The molecule has 0 radical (unpaired) electrons. The average Bonchev–Trinajstić information content (AvgIpc) is 2.65.